The summed E-state index contributed by atoms with van der Waals surface area (Å²) in [6.07, 6.45) is 1.82. The van der Waals surface area contributed by atoms with Gasteiger partial charge in [-0.05, 0) is 12.1 Å². The lowest BCUT2D eigenvalue weighted by Crippen LogP contribution is -2.28. The summed E-state index contributed by atoms with van der Waals surface area (Å²) in [5.41, 5.74) is 0.694. The number of amides is 2. The average Bonchev–Trinajstić information content (AvgIpc) is 3.16. The normalized spacial score (nSPS) is 17.6. The molecule has 22 heavy (non-hydrogen) atoms. The lowest BCUT2D eigenvalue weighted by Gasteiger charge is -2.19. The number of methoxy groups -OCH3 is 1. The fourth-order valence-corrected chi connectivity index (χ4v) is 2.99. The number of carbonyl (C=O) groups excluding carboxylic acids is 2. The summed E-state index contributed by atoms with van der Waals surface area (Å²) in [4.78, 5) is 30.1. The Morgan fingerprint density at radius 2 is 2.27 bits per heavy atom. The van der Waals surface area contributed by atoms with Crippen molar-refractivity contribution < 1.29 is 14.3 Å². The molecule has 1 atom stereocenters. The van der Waals surface area contributed by atoms with E-state index in [0.29, 0.717) is 23.1 Å². The summed E-state index contributed by atoms with van der Waals surface area (Å²) in [5.74, 6) is -0.0253. The van der Waals surface area contributed by atoms with Gasteiger partial charge in [0.15, 0.2) is 5.13 Å². The minimum Gasteiger partial charge on any atom is -0.495 e. The van der Waals surface area contributed by atoms with Crippen LogP contribution in [0.1, 0.15) is 6.42 Å². The Kier molecular flexibility index (Phi) is 4.06. The first-order valence-electron chi connectivity index (χ1n) is 6.83. The predicted octanol–water partition coefficient (Wildman–Crippen LogP) is 2.14. The van der Waals surface area contributed by atoms with Gasteiger partial charge in [-0.2, -0.15) is 0 Å². The Bertz CT molecular complexity index is 687. The first-order valence-corrected chi connectivity index (χ1v) is 7.70. The van der Waals surface area contributed by atoms with Crippen molar-refractivity contribution in [3.05, 3.63) is 35.8 Å². The van der Waals surface area contributed by atoms with E-state index in [1.807, 2.05) is 18.2 Å². The Balaban J connectivity index is 1.74. The number of benzene rings is 1. The Labute approximate surface area is 131 Å². The second-order valence-corrected chi connectivity index (χ2v) is 5.80. The van der Waals surface area contributed by atoms with Crippen LogP contribution < -0.4 is 15.0 Å². The number of nitrogens with one attached hydrogen (secondary N) is 1. The molecule has 6 nitrogen and oxygen atoms in total. The number of rotatable bonds is 4. The lowest BCUT2D eigenvalue weighted by atomic mass is 10.1. The molecule has 1 unspecified atom stereocenters. The van der Waals surface area contributed by atoms with Gasteiger partial charge in [-0.3, -0.25) is 9.59 Å². The van der Waals surface area contributed by atoms with Crippen molar-refractivity contribution >= 4 is 34.0 Å². The minimum absolute atomic E-state index is 0.0798. The molecule has 1 aliphatic rings. The van der Waals surface area contributed by atoms with Crippen LogP contribution in [0.25, 0.3) is 0 Å². The first kappa shape index (κ1) is 14.5. The maximum absolute atomic E-state index is 12.2. The van der Waals surface area contributed by atoms with Crippen molar-refractivity contribution in [3.63, 3.8) is 0 Å². The molecule has 0 radical (unpaired) electrons. The Morgan fingerprint density at radius 3 is 3.00 bits per heavy atom. The molecule has 1 aromatic heterocycles. The standard InChI is InChI=1S/C15H15N3O3S/c1-21-12-5-3-2-4-11(12)18-9-10(8-13(18)19)14(20)17-15-16-6-7-22-15/h2-7,10H,8-9H2,1H3,(H,16,17,20). The van der Waals surface area contributed by atoms with E-state index in [2.05, 4.69) is 10.3 Å². The summed E-state index contributed by atoms with van der Waals surface area (Å²) in [6, 6.07) is 7.30. The van der Waals surface area contributed by atoms with E-state index in [0.717, 1.165) is 0 Å². The van der Waals surface area contributed by atoms with Crippen LogP contribution in [0.3, 0.4) is 0 Å². The average molecular weight is 317 g/mol. The first-order chi connectivity index (χ1) is 10.7. The third kappa shape index (κ3) is 2.80. The molecule has 7 heteroatoms. The molecule has 1 saturated heterocycles. The summed E-state index contributed by atoms with van der Waals surface area (Å²) in [5, 5.41) is 5.08. The molecule has 0 aliphatic carbocycles. The van der Waals surface area contributed by atoms with Crippen LogP contribution in [0, 0.1) is 5.92 Å². The summed E-state index contributed by atoms with van der Waals surface area (Å²) in [7, 11) is 1.56. The van der Waals surface area contributed by atoms with Gasteiger partial charge in [-0.25, -0.2) is 4.98 Å². The summed E-state index contributed by atoms with van der Waals surface area (Å²) < 4.78 is 5.28. The predicted molar refractivity (Wildman–Crippen MR) is 84.2 cm³/mol. The fourth-order valence-electron chi connectivity index (χ4n) is 2.46. The summed E-state index contributed by atoms with van der Waals surface area (Å²) >= 11 is 1.35. The molecule has 1 N–H and O–H groups in total. The number of aromatic nitrogens is 1. The van der Waals surface area contributed by atoms with Crippen molar-refractivity contribution in [3.8, 4) is 5.75 Å². The van der Waals surface area contributed by atoms with Gasteiger partial charge >= 0.3 is 0 Å². The van der Waals surface area contributed by atoms with E-state index >= 15 is 0 Å². The molecule has 2 heterocycles. The van der Waals surface area contributed by atoms with E-state index < -0.39 is 0 Å². The second kappa shape index (κ2) is 6.15. The summed E-state index contributed by atoms with van der Waals surface area (Å²) in [6.45, 7) is 0.344. The van der Waals surface area contributed by atoms with Gasteiger partial charge in [0.2, 0.25) is 11.8 Å². The molecule has 3 rings (SSSR count). The largest absolute Gasteiger partial charge is 0.495 e. The Hall–Kier alpha value is -2.41. The molecular weight excluding hydrogens is 302 g/mol. The van der Waals surface area contributed by atoms with E-state index in [-0.39, 0.29) is 24.2 Å². The van der Waals surface area contributed by atoms with E-state index in [9.17, 15) is 9.59 Å². The van der Waals surface area contributed by atoms with Crippen LogP contribution in [-0.4, -0.2) is 30.5 Å². The van der Waals surface area contributed by atoms with Crippen LogP contribution in [0.15, 0.2) is 35.8 Å². The molecule has 2 amide bonds. The van der Waals surface area contributed by atoms with E-state index in [4.69, 9.17) is 4.74 Å². The third-order valence-electron chi connectivity index (χ3n) is 3.53. The molecule has 1 aliphatic heterocycles. The molecule has 1 fully saturated rings. The molecule has 0 bridgehead atoms. The molecule has 0 spiro atoms. The third-order valence-corrected chi connectivity index (χ3v) is 4.22. The van der Waals surface area contributed by atoms with Gasteiger partial charge in [0.25, 0.3) is 0 Å². The highest BCUT2D eigenvalue weighted by molar-refractivity contribution is 7.13. The van der Waals surface area contributed by atoms with Crippen LogP contribution >= 0.6 is 11.3 Å². The number of ether oxygens (including phenoxy) is 1. The zero-order chi connectivity index (χ0) is 15.5. The van der Waals surface area contributed by atoms with Gasteiger partial charge in [-0.15, -0.1) is 11.3 Å². The van der Waals surface area contributed by atoms with Crippen molar-refractivity contribution in [2.75, 3.05) is 23.9 Å². The smallest absolute Gasteiger partial charge is 0.231 e. The highest BCUT2D eigenvalue weighted by Crippen LogP contribution is 2.33. The van der Waals surface area contributed by atoms with E-state index in [1.165, 1.54) is 11.3 Å². The zero-order valence-corrected chi connectivity index (χ0v) is 12.8. The molecule has 0 saturated carbocycles. The van der Waals surface area contributed by atoms with Gasteiger partial charge in [0, 0.05) is 24.5 Å². The van der Waals surface area contributed by atoms with Crippen molar-refractivity contribution in [1.82, 2.24) is 4.98 Å². The van der Waals surface area contributed by atoms with Crippen molar-refractivity contribution in [2.45, 2.75) is 6.42 Å². The number of anilines is 2. The second-order valence-electron chi connectivity index (χ2n) is 4.90. The minimum atomic E-state index is -0.388. The highest BCUT2D eigenvalue weighted by Gasteiger charge is 2.36. The van der Waals surface area contributed by atoms with Crippen LogP contribution in [0.4, 0.5) is 10.8 Å². The van der Waals surface area contributed by atoms with Crippen molar-refractivity contribution in [2.24, 2.45) is 5.92 Å². The van der Waals surface area contributed by atoms with Crippen LogP contribution in [-0.2, 0) is 9.59 Å². The van der Waals surface area contributed by atoms with Gasteiger partial charge in [-0.1, -0.05) is 12.1 Å². The topological polar surface area (TPSA) is 71.5 Å². The molecule has 1 aromatic carbocycles. The van der Waals surface area contributed by atoms with Crippen LogP contribution in [0.2, 0.25) is 0 Å². The molecular formula is C15H15N3O3S. The molecule has 2 aromatic rings. The zero-order valence-electron chi connectivity index (χ0n) is 12.0. The molecule has 114 valence electrons. The highest BCUT2D eigenvalue weighted by atomic mass is 32.1. The number of hydrogen-bond donors (Lipinski definition) is 1. The van der Waals surface area contributed by atoms with Gasteiger partial charge in [0.05, 0.1) is 18.7 Å². The van der Waals surface area contributed by atoms with E-state index in [1.54, 1.807) is 29.7 Å². The number of carbonyl (C=O) groups is 2. The van der Waals surface area contributed by atoms with Crippen LogP contribution in [0.5, 0.6) is 5.75 Å². The quantitative estimate of drug-likeness (QED) is 0.938. The van der Waals surface area contributed by atoms with Gasteiger partial charge in [0.1, 0.15) is 5.75 Å². The number of hydrogen-bond acceptors (Lipinski definition) is 5. The monoisotopic (exact) mass is 317 g/mol. The lowest BCUT2D eigenvalue weighted by molar-refractivity contribution is -0.122. The van der Waals surface area contributed by atoms with Gasteiger partial charge < -0.3 is 15.0 Å². The maximum atomic E-state index is 12.2. The Morgan fingerprint density at radius 1 is 1.45 bits per heavy atom. The maximum Gasteiger partial charge on any atom is 0.231 e. The SMILES string of the molecule is COc1ccccc1N1CC(C(=O)Nc2nccs2)CC1=O. The number of para-hydroxylation sites is 2. The number of thiazole rings is 1. The van der Waals surface area contributed by atoms with Crippen molar-refractivity contribution in [1.29, 1.82) is 0 Å². The fraction of sp³-hybridized carbons (Fsp3) is 0.267. The number of nitrogens with zero attached hydrogens (tertiary/aromatic N) is 2.